The summed E-state index contributed by atoms with van der Waals surface area (Å²) >= 11 is 5.23. The van der Waals surface area contributed by atoms with E-state index >= 15 is 0 Å². The molecular weight excluding hydrogens is 286 g/mol. The van der Waals surface area contributed by atoms with E-state index in [9.17, 15) is 0 Å². The molecule has 0 saturated carbocycles. The van der Waals surface area contributed by atoms with Crippen LogP contribution < -0.4 is 5.32 Å². The molecule has 1 unspecified atom stereocenters. The second-order valence-electron chi connectivity index (χ2n) is 3.76. The van der Waals surface area contributed by atoms with Crippen molar-refractivity contribution in [3.05, 3.63) is 38.8 Å². The van der Waals surface area contributed by atoms with E-state index in [1.165, 1.54) is 14.2 Å². The average Bonchev–Trinajstić information content (AvgIpc) is 2.84. The summed E-state index contributed by atoms with van der Waals surface area (Å²) in [6.07, 6.45) is 3.95. The maximum absolute atomic E-state index is 4.17. The number of nitrogens with one attached hydrogen (secondary N) is 1. The molecule has 2 aromatic heterocycles. The van der Waals surface area contributed by atoms with Crippen LogP contribution in [0.5, 0.6) is 0 Å². The molecule has 0 spiro atoms. The molecule has 5 heteroatoms. The molecule has 1 atom stereocenters. The van der Waals surface area contributed by atoms with Gasteiger partial charge in [-0.2, -0.15) is 5.10 Å². The number of hydrogen-bond donors (Lipinski definition) is 1. The van der Waals surface area contributed by atoms with Crippen molar-refractivity contribution in [1.82, 2.24) is 15.1 Å². The van der Waals surface area contributed by atoms with Gasteiger partial charge in [-0.05, 0) is 35.0 Å². The van der Waals surface area contributed by atoms with Crippen molar-refractivity contribution in [3.8, 4) is 0 Å². The summed E-state index contributed by atoms with van der Waals surface area (Å²) < 4.78 is 3.01. The van der Waals surface area contributed by atoms with Gasteiger partial charge in [0.2, 0.25) is 0 Å². The van der Waals surface area contributed by atoms with E-state index in [4.69, 9.17) is 0 Å². The van der Waals surface area contributed by atoms with Crippen LogP contribution in [0.2, 0.25) is 0 Å². The molecule has 0 aliphatic carbocycles. The molecule has 3 nitrogen and oxygen atoms in total. The first kappa shape index (κ1) is 11.8. The lowest BCUT2D eigenvalue weighted by atomic mass is 10.2. The highest BCUT2D eigenvalue weighted by molar-refractivity contribution is 9.11. The molecule has 1 N–H and O–H groups in total. The Kier molecular flexibility index (Phi) is 3.78. The molecule has 0 bridgehead atoms. The first-order valence-corrected chi connectivity index (χ1v) is 6.72. The minimum atomic E-state index is 0.328. The zero-order valence-corrected chi connectivity index (χ0v) is 11.7. The maximum Gasteiger partial charge on any atom is 0.0701 e. The quantitative estimate of drug-likeness (QED) is 0.940. The smallest absolute Gasteiger partial charge is 0.0701 e. The van der Waals surface area contributed by atoms with E-state index < -0.39 is 0 Å². The fraction of sp³-hybridized carbons (Fsp3) is 0.364. The van der Waals surface area contributed by atoms with Crippen molar-refractivity contribution in [2.45, 2.75) is 19.5 Å². The fourth-order valence-corrected chi connectivity index (χ4v) is 2.92. The third-order valence-electron chi connectivity index (χ3n) is 2.44. The molecular formula is C11H14BrN3S. The molecule has 0 aliphatic heterocycles. The van der Waals surface area contributed by atoms with E-state index in [1.54, 1.807) is 11.3 Å². The summed E-state index contributed by atoms with van der Waals surface area (Å²) in [6.45, 7) is 3.05. The summed E-state index contributed by atoms with van der Waals surface area (Å²) in [5, 5.41) is 7.65. The van der Waals surface area contributed by atoms with Crippen LogP contribution in [0.4, 0.5) is 0 Å². The van der Waals surface area contributed by atoms with Crippen LogP contribution in [0.25, 0.3) is 0 Å². The standard InChI is InChI=1S/C11H14BrN3S/c1-8(9-5-14-15(2)7-9)13-6-10-3-4-11(12)16-10/h3-5,7-8,13H,6H2,1-2H3. The van der Waals surface area contributed by atoms with Gasteiger partial charge < -0.3 is 5.32 Å². The van der Waals surface area contributed by atoms with E-state index in [1.807, 2.05) is 24.1 Å². The Balaban J connectivity index is 1.91. The van der Waals surface area contributed by atoms with E-state index in [2.05, 4.69) is 45.4 Å². The topological polar surface area (TPSA) is 29.9 Å². The lowest BCUT2D eigenvalue weighted by molar-refractivity contribution is 0.578. The van der Waals surface area contributed by atoms with E-state index in [0.29, 0.717) is 6.04 Å². The van der Waals surface area contributed by atoms with Gasteiger partial charge in [-0.15, -0.1) is 11.3 Å². The second-order valence-corrected chi connectivity index (χ2v) is 6.30. The zero-order chi connectivity index (χ0) is 11.5. The van der Waals surface area contributed by atoms with Gasteiger partial charge in [-0.1, -0.05) is 0 Å². The third kappa shape index (κ3) is 2.93. The molecule has 16 heavy (non-hydrogen) atoms. The minimum absolute atomic E-state index is 0.328. The van der Waals surface area contributed by atoms with Crippen molar-refractivity contribution in [2.75, 3.05) is 0 Å². The zero-order valence-electron chi connectivity index (χ0n) is 9.27. The van der Waals surface area contributed by atoms with Crippen LogP contribution in [0, 0.1) is 0 Å². The Bertz CT molecular complexity index is 463. The number of nitrogens with zero attached hydrogens (tertiary/aromatic N) is 2. The Morgan fingerprint density at radius 3 is 2.94 bits per heavy atom. The molecule has 86 valence electrons. The molecule has 0 aliphatic rings. The first-order valence-electron chi connectivity index (χ1n) is 5.11. The summed E-state index contributed by atoms with van der Waals surface area (Å²) in [6, 6.07) is 4.54. The summed E-state index contributed by atoms with van der Waals surface area (Å²) in [4.78, 5) is 1.34. The summed E-state index contributed by atoms with van der Waals surface area (Å²) in [7, 11) is 1.94. The predicted molar refractivity (Wildman–Crippen MR) is 70.5 cm³/mol. The number of rotatable bonds is 4. The van der Waals surface area contributed by atoms with Gasteiger partial charge in [-0.3, -0.25) is 4.68 Å². The largest absolute Gasteiger partial charge is 0.305 e. The Morgan fingerprint density at radius 2 is 2.38 bits per heavy atom. The van der Waals surface area contributed by atoms with Crippen LogP contribution >= 0.6 is 27.3 Å². The highest BCUT2D eigenvalue weighted by Crippen LogP contribution is 2.22. The molecule has 2 rings (SSSR count). The van der Waals surface area contributed by atoms with Gasteiger partial charge in [0.05, 0.1) is 9.98 Å². The van der Waals surface area contributed by atoms with Crippen molar-refractivity contribution < 1.29 is 0 Å². The first-order chi connectivity index (χ1) is 7.65. The number of hydrogen-bond acceptors (Lipinski definition) is 3. The van der Waals surface area contributed by atoms with Gasteiger partial charge in [0.25, 0.3) is 0 Å². The van der Waals surface area contributed by atoms with Crippen LogP contribution in [0.15, 0.2) is 28.3 Å². The van der Waals surface area contributed by atoms with Crippen LogP contribution in [-0.4, -0.2) is 9.78 Å². The molecule has 0 amide bonds. The van der Waals surface area contributed by atoms with Gasteiger partial charge in [0.15, 0.2) is 0 Å². The Hall–Kier alpha value is -0.650. The van der Waals surface area contributed by atoms with Gasteiger partial charge in [0, 0.05) is 36.3 Å². The molecule has 0 radical (unpaired) electrons. The van der Waals surface area contributed by atoms with Gasteiger partial charge in [-0.25, -0.2) is 0 Å². The SMILES string of the molecule is CC(NCc1ccc(Br)s1)c1cnn(C)c1. The van der Waals surface area contributed by atoms with Crippen LogP contribution in [0.3, 0.4) is 0 Å². The predicted octanol–water partition coefficient (Wildman–Crippen LogP) is 3.09. The summed E-state index contributed by atoms with van der Waals surface area (Å²) in [5.74, 6) is 0. The molecule has 2 aromatic rings. The van der Waals surface area contributed by atoms with Crippen molar-refractivity contribution in [1.29, 1.82) is 0 Å². The Labute approximate surface area is 108 Å². The third-order valence-corrected chi connectivity index (χ3v) is 4.06. The lowest BCUT2D eigenvalue weighted by Gasteiger charge is -2.10. The van der Waals surface area contributed by atoms with Crippen molar-refractivity contribution in [2.24, 2.45) is 7.05 Å². The van der Waals surface area contributed by atoms with Gasteiger partial charge >= 0.3 is 0 Å². The van der Waals surface area contributed by atoms with Crippen molar-refractivity contribution in [3.63, 3.8) is 0 Å². The minimum Gasteiger partial charge on any atom is -0.305 e. The number of aromatic nitrogens is 2. The number of aryl methyl sites for hydroxylation is 1. The molecule has 0 aromatic carbocycles. The highest BCUT2D eigenvalue weighted by Gasteiger charge is 2.07. The Morgan fingerprint density at radius 1 is 1.56 bits per heavy atom. The van der Waals surface area contributed by atoms with Crippen LogP contribution in [-0.2, 0) is 13.6 Å². The average molecular weight is 300 g/mol. The monoisotopic (exact) mass is 299 g/mol. The fourth-order valence-electron chi connectivity index (χ4n) is 1.48. The van der Waals surface area contributed by atoms with E-state index in [-0.39, 0.29) is 0 Å². The molecule has 0 saturated heterocycles. The number of halogens is 1. The highest BCUT2D eigenvalue weighted by atomic mass is 79.9. The summed E-state index contributed by atoms with van der Waals surface area (Å²) in [5.41, 5.74) is 1.22. The second kappa shape index (κ2) is 5.12. The molecule has 0 fully saturated rings. The molecule has 2 heterocycles. The van der Waals surface area contributed by atoms with Crippen molar-refractivity contribution >= 4 is 27.3 Å². The maximum atomic E-state index is 4.17. The van der Waals surface area contributed by atoms with Crippen LogP contribution in [0.1, 0.15) is 23.4 Å². The number of thiophene rings is 1. The normalized spacial score (nSPS) is 12.9. The van der Waals surface area contributed by atoms with Gasteiger partial charge in [0.1, 0.15) is 0 Å². The van der Waals surface area contributed by atoms with E-state index in [0.717, 1.165) is 6.54 Å². The lowest BCUT2D eigenvalue weighted by Crippen LogP contribution is -2.16.